The van der Waals surface area contributed by atoms with E-state index in [1.54, 1.807) is 14.2 Å². The molecule has 0 unspecified atom stereocenters. The lowest BCUT2D eigenvalue weighted by Crippen LogP contribution is -2.42. The Balaban J connectivity index is 1.65. The zero-order chi connectivity index (χ0) is 19.5. The van der Waals surface area contributed by atoms with Gasteiger partial charge in [-0.25, -0.2) is 4.99 Å². The van der Waals surface area contributed by atoms with Gasteiger partial charge < -0.3 is 14.8 Å². The normalized spacial score (nSPS) is 22.9. The van der Waals surface area contributed by atoms with Crippen molar-refractivity contribution in [1.29, 1.82) is 0 Å². The molecule has 5 heteroatoms. The van der Waals surface area contributed by atoms with Crippen LogP contribution in [-0.4, -0.2) is 25.0 Å². The Bertz CT molecular complexity index is 917. The first-order valence-electron chi connectivity index (χ1n) is 9.56. The lowest BCUT2D eigenvalue weighted by atomic mass is 9.76. The number of nitrogens with zero attached hydrogens (tertiary/aromatic N) is 1. The van der Waals surface area contributed by atoms with Crippen molar-refractivity contribution in [1.82, 2.24) is 5.32 Å². The van der Waals surface area contributed by atoms with Gasteiger partial charge in [-0.05, 0) is 78.5 Å². The second-order valence-corrected chi connectivity index (χ2v) is 7.53. The number of benzene rings is 2. The first-order valence-corrected chi connectivity index (χ1v) is 9.97. The molecule has 1 N–H and O–H groups in total. The number of rotatable bonds is 4. The minimum Gasteiger partial charge on any atom is -0.497 e. The number of hydrogen-bond acceptors (Lipinski definition) is 3. The molecule has 1 saturated carbocycles. The van der Waals surface area contributed by atoms with Gasteiger partial charge in [-0.3, -0.25) is 0 Å². The first kappa shape index (κ1) is 18.7. The van der Waals surface area contributed by atoms with Gasteiger partial charge in [0, 0.05) is 5.92 Å². The number of ether oxygens (including phenoxy) is 2. The lowest BCUT2D eigenvalue weighted by molar-refractivity contribution is 0.412. The van der Waals surface area contributed by atoms with Crippen LogP contribution in [0, 0.1) is 5.92 Å². The quantitative estimate of drug-likeness (QED) is 0.747. The predicted molar refractivity (Wildman–Crippen MR) is 117 cm³/mol. The maximum Gasteiger partial charge on any atom is 0.193 e. The van der Waals surface area contributed by atoms with Crippen LogP contribution in [0.2, 0.25) is 0 Å². The summed E-state index contributed by atoms with van der Waals surface area (Å²) < 4.78 is 10.6. The fourth-order valence-corrected chi connectivity index (χ4v) is 4.27. The van der Waals surface area contributed by atoms with Gasteiger partial charge in [0.25, 0.3) is 0 Å². The first-order chi connectivity index (χ1) is 13.7. The molecule has 0 saturated heterocycles. The average Bonchev–Trinajstić information content (AvgIpc) is 2.74. The molecule has 28 heavy (non-hydrogen) atoms. The largest absolute Gasteiger partial charge is 0.497 e. The Morgan fingerprint density at radius 3 is 2.29 bits per heavy atom. The van der Waals surface area contributed by atoms with E-state index in [9.17, 15) is 0 Å². The fourth-order valence-electron chi connectivity index (χ4n) is 4.04. The van der Waals surface area contributed by atoms with E-state index in [4.69, 9.17) is 26.7 Å². The number of aliphatic imine (C=N–C) groups is 1. The maximum absolute atomic E-state index is 5.48. The van der Waals surface area contributed by atoms with E-state index in [-0.39, 0.29) is 6.04 Å². The van der Waals surface area contributed by atoms with Crippen LogP contribution < -0.4 is 14.8 Å². The van der Waals surface area contributed by atoms with E-state index in [2.05, 4.69) is 35.7 Å². The summed E-state index contributed by atoms with van der Waals surface area (Å²) in [6.45, 7) is 0. The molecule has 1 heterocycles. The Hall–Kier alpha value is -2.66. The van der Waals surface area contributed by atoms with Crippen LogP contribution in [0.5, 0.6) is 11.5 Å². The molecule has 2 atom stereocenters. The Kier molecular flexibility index (Phi) is 5.44. The summed E-state index contributed by atoms with van der Waals surface area (Å²) in [5, 5.41) is 3.99. The van der Waals surface area contributed by atoms with Gasteiger partial charge in [0.2, 0.25) is 0 Å². The van der Waals surface area contributed by atoms with Crippen LogP contribution in [0.15, 0.2) is 59.1 Å². The van der Waals surface area contributed by atoms with E-state index < -0.39 is 0 Å². The summed E-state index contributed by atoms with van der Waals surface area (Å²) in [4.78, 5) is 4.74. The topological polar surface area (TPSA) is 42.8 Å². The highest BCUT2D eigenvalue weighted by atomic mass is 32.1. The predicted octanol–water partition coefficient (Wildman–Crippen LogP) is 4.96. The zero-order valence-corrected chi connectivity index (χ0v) is 17.0. The molecule has 0 radical (unpaired) electrons. The number of nitrogens with one attached hydrogen (secondary N) is 1. The van der Waals surface area contributed by atoms with E-state index in [1.165, 1.54) is 11.1 Å². The third-order valence-electron chi connectivity index (χ3n) is 5.48. The average molecular weight is 393 g/mol. The van der Waals surface area contributed by atoms with Crippen LogP contribution in [0.1, 0.15) is 36.4 Å². The van der Waals surface area contributed by atoms with Crippen LogP contribution in [0.4, 0.5) is 0 Å². The van der Waals surface area contributed by atoms with Crippen molar-refractivity contribution in [2.75, 3.05) is 14.2 Å². The molecule has 0 spiro atoms. The van der Waals surface area contributed by atoms with Gasteiger partial charge in [0.05, 0.1) is 26.0 Å². The van der Waals surface area contributed by atoms with Crippen molar-refractivity contribution in [3.05, 3.63) is 65.2 Å². The van der Waals surface area contributed by atoms with Gasteiger partial charge >= 0.3 is 0 Å². The molecule has 1 fully saturated rings. The van der Waals surface area contributed by atoms with Crippen molar-refractivity contribution in [2.24, 2.45) is 10.9 Å². The minimum absolute atomic E-state index is 0.144. The second kappa shape index (κ2) is 8.15. The Morgan fingerprint density at radius 1 is 1.00 bits per heavy atom. The molecule has 0 bridgehead atoms. The summed E-state index contributed by atoms with van der Waals surface area (Å²) in [6.07, 6.45) is 5.51. The fraction of sp³-hybridized carbons (Fsp3) is 0.304. The molecular formula is C23H24N2O2S. The smallest absolute Gasteiger partial charge is 0.193 e. The zero-order valence-electron chi connectivity index (χ0n) is 16.1. The van der Waals surface area contributed by atoms with Gasteiger partial charge in [-0.15, -0.1) is 0 Å². The molecule has 1 aliphatic heterocycles. The third kappa shape index (κ3) is 3.80. The number of allylic oxidation sites excluding steroid dienone is 1. The highest BCUT2D eigenvalue weighted by Gasteiger charge is 2.36. The van der Waals surface area contributed by atoms with Gasteiger partial charge in [-0.2, -0.15) is 0 Å². The Labute approximate surface area is 171 Å². The molecular weight excluding hydrogens is 368 g/mol. The van der Waals surface area contributed by atoms with E-state index in [0.717, 1.165) is 42.0 Å². The van der Waals surface area contributed by atoms with Gasteiger partial charge in [0.1, 0.15) is 11.5 Å². The number of fused-ring (bicyclic) bond motifs is 1. The van der Waals surface area contributed by atoms with Crippen LogP contribution in [0.3, 0.4) is 0 Å². The monoisotopic (exact) mass is 392 g/mol. The Morgan fingerprint density at radius 2 is 1.64 bits per heavy atom. The van der Waals surface area contributed by atoms with Gasteiger partial charge in [0.15, 0.2) is 5.11 Å². The maximum atomic E-state index is 5.48. The lowest BCUT2D eigenvalue weighted by Gasteiger charge is -2.37. The minimum atomic E-state index is 0.144. The van der Waals surface area contributed by atoms with Crippen molar-refractivity contribution >= 4 is 29.1 Å². The summed E-state index contributed by atoms with van der Waals surface area (Å²) in [5.74, 6) is 2.04. The summed E-state index contributed by atoms with van der Waals surface area (Å²) >= 11 is 5.48. The molecule has 4 nitrogen and oxygen atoms in total. The highest BCUT2D eigenvalue weighted by Crippen LogP contribution is 2.38. The van der Waals surface area contributed by atoms with Crippen molar-refractivity contribution in [3.63, 3.8) is 0 Å². The van der Waals surface area contributed by atoms with Crippen LogP contribution in [-0.2, 0) is 0 Å². The van der Waals surface area contributed by atoms with Crippen molar-refractivity contribution in [2.45, 2.75) is 25.3 Å². The van der Waals surface area contributed by atoms with E-state index in [1.807, 2.05) is 24.3 Å². The van der Waals surface area contributed by atoms with Crippen LogP contribution >= 0.6 is 12.2 Å². The molecule has 2 aromatic carbocycles. The van der Waals surface area contributed by atoms with E-state index in [0.29, 0.717) is 11.0 Å². The third-order valence-corrected chi connectivity index (χ3v) is 5.69. The summed E-state index contributed by atoms with van der Waals surface area (Å²) in [7, 11) is 3.37. The molecule has 4 rings (SSSR count). The second-order valence-electron chi connectivity index (χ2n) is 7.14. The summed E-state index contributed by atoms with van der Waals surface area (Å²) in [6, 6.07) is 16.5. The SMILES string of the molecule is COc1ccc(C=C2CCC[C@H]3C2=NC(=S)N[C@@H]3c2ccc(OC)cc2)cc1. The molecule has 144 valence electrons. The number of thiocarbonyl (C=S) groups is 1. The van der Waals surface area contributed by atoms with E-state index >= 15 is 0 Å². The van der Waals surface area contributed by atoms with Crippen molar-refractivity contribution < 1.29 is 9.47 Å². The standard InChI is InChI=1S/C23H24N2O2S/c1-26-18-10-6-15(7-11-18)14-17-4-3-5-20-21(24-23(28)25-22(17)20)16-8-12-19(27-2)13-9-16/h6-14,20-21H,3-5H2,1-2H3,(H,24,28)/t20-,21-/m1/s1. The molecule has 0 aromatic heterocycles. The number of methoxy groups -OCH3 is 2. The highest BCUT2D eigenvalue weighted by molar-refractivity contribution is 7.80. The molecule has 2 aromatic rings. The molecule has 2 aliphatic rings. The summed E-state index contributed by atoms with van der Waals surface area (Å²) in [5.41, 5.74) is 4.78. The van der Waals surface area contributed by atoms with Gasteiger partial charge in [-0.1, -0.05) is 24.3 Å². The molecule has 1 aliphatic carbocycles. The van der Waals surface area contributed by atoms with Crippen molar-refractivity contribution in [3.8, 4) is 11.5 Å². The van der Waals surface area contributed by atoms with Crippen LogP contribution in [0.25, 0.3) is 6.08 Å². The number of hydrogen-bond donors (Lipinski definition) is 1. The molecule has 0 amide bonds.